The first-order valence-electron chi connectivity index (χ1n) is 5.12. The largest absolute Gasteiger partial charge is 0.327 e. The highest BCUT2D eigenvalue weighted by Gasteiger charge is 2.09. The Kier molecular flexibility index (Phi) is 3.29. The molecule has 2 rings (SSSR count). The van der Waals surface area contributed by atoms with Crippen LogP contribution in [0.2, 0.25) is 5.02 Å². The standard InChI is InChI=1S/C12H14ClNS/c1-2-9(14)7-8-3-4-11-10(12(8)13)5-6-15-11/h3-6,9H,2,7,14H2,1H3. The zero-order valence-corrected chi connectivity index (χ0v) is 10.2. The topological polar surface area (TPSA) is 26.0 Å². The van der Waals surface area contributed by atoms with Crippen molar-refractivity contribution in [2.45, 2.75) is 25.8 Å². The molecular formula is C12H14ClNS. The van der Waals surface area contributed by atoms with Crippen molar-refractivity contribution in [1.82, 2.24) is 0 Å². The summed E-state index contributed by atoms with van der Waals surface area (Å²) < 4.78 is 1.24. The van der Waals surface area contributed by atoms with Gasteiger partial charge in [0.1, 0.15) is 0 Å². The summed E-state index contributed by atoms with van der Waals surface area (Å²) in [4.78, 5) is 0. The first-order chi connectivity index (χ1) is 7.22. The van der Waals surface area contributed by atoms with E-state index in [4.69, 9.17) is 17.3 Å². The molecule has 3 heteroatoms. The van der Waals surface area contributed by atoms with Crippen LogP contribution in [0.1, 0.15) is 18.9 Å². The van der Waals surface area contributed by atoms with Crippen molar-refractivity contribution in [2.75, 3.05) is 0 Å². The predicted octanol–water partition coefficient (Wildman–Crippen LogP) is 3.83. The Labute approximate surface area is 98.9 Å². The molecule has 0 saturated heterocycles. The van der Waals surface area contributed by atoms with E-state index in [0.717, 1.165) is 28.8 Å². The molecule has 1 aromatic carbocycles. The summed E-state index contributed by atoms with van der Waals surface area (Å²) in [6.07, 6.45) is 1.85. The van der Waals surface area contributed by atoms with Crippen molar-refractivity contribution in [2.24, 2.45) is 5.73 Å². The van der Waals surface area contributed by atoms with Gasteiger partial charge in [0.15, 0.2) is 0 Å². The molecule has 0 saturated carbocycles. The van der Waals surface area contributed by atoms with Gasteiger partial charge in [-0.2, -0.15) is 0 Å². The number of thiophene rings is 1. The Morgan fingerprint density at radius 1 is 1.40 bits per heavy atom. The maximum absolute atomic E-state index is 6.34. The predicted molar refractivity (Wildman–Crippen MR) is 68.8 cm³/mol. The highest BCUT2D eigenvalue weighted by atomic mass is 35.5. The van der Waals surface area contributed by atoms with Crippen molar-refractivity contribution in [3.05, 3.63) is 34.2 Å². The Bertz CT molecular complexity index is 464. The first kappa shape index (κ1) is 10.9. The van der Waals surface area contributed by atoms with E-state index in [9.17, 15) is 0 Å². The molecule has 0 radical (unpaired) electrons. The minimum atomic E-state index is 0.207. The second-order valence-corrected chi connectivity index (χ2v) is 5.07. The third-order valence-corrected chi connectivity index (χ3v) is 3.98. The van der Waals surface area contributed by atoms with Crippen LogP contribution >= 0.6 is 22.9 Å². The Morgan fingerprint density at radius 2 is 2.20 bits per heavy atom. The van der Waals surface area contributed by atoms with Crippen molar-refractivity contribution in [3.8, 4) is 0 Å². The summed E-state index contributed by atoms with van der Waals surface area (Å²) in [7, 11) is 0. The van der Waals surface area contributed by atoms with E-state index in [1.807, 2.05) is 0 Å². The van der Waals surface area contributed by atoms with Gasteiger partial charge in [0.25, 0.3) is 0 Å². The van der Waals surface area contributed by atoms with Crippen LogP contribution in [0.15, 0.2) is 23.6 Å². The highest BCUT2D eigenvalue weighted by Crippen LogP contribution is 2.31. The zero-order valence-electron chi connectivity index (χ0n) is 8.66. The highest BCUT2D eigenvalue weighted by molar-refractivity contribution is 7.17. The number of rotatable bonds is 3. The Balaban J connectivity index is 2.39. The summed E-state index contributed by atoms with van der Waals surface area (Å²) in [6, 6.07) is 6.50. The first-order valence-corrected chi connectivity index (χ1v) is 6.38. The molecule has 1 atom stereocenters. The van der Waals surface area contributed by atoms with Crippen molar-refractivity contribution >= 4 is 33.0 Å². The number of fused-ring (bicyclic) bond motifs is 1. The van der Waals surface area contributed by atoms with Crippen LogP contribution in [-0.4, -0.2) is 6.04 Å². The van der Waals surface area contributed by atoms with Gasteiger partial charge >= 0.3 is 0 Å². The molecule has 0 aliphatic rings. The summed E-state index contributed by atoms with van der Waals surface area (Å²) in [5, 5.41) is 4.10. The third kappa shape index (κ3) is 2.17. The van der Waals surface area contributed by atoms with Crippen LogP contribution in [0, 0.1) is 0 Å². The van der Waals surface area contributed by atoms with Gasteiger partial charge in [-0.3, -0.25) is 0 Å². The molecule has 15 heavy (non-hydrogen) atoms. The average Bonchev–Trinajstić information content (AvgIpc) is 2.70. The maximum Gasteiger partial charge on any atom is 0.0525 e. The summed E-state index contributed by atoms with van der Waals surface area (Å²) in [5.74, 6) is 0. The smallest absolute Gasteiger partial charge is 0.0525 e. The van der Waals surface area contributed by atoms with Gasteiger partial charge in [-0.25, -0.2) is 0 Å². The van der Waals surface area contributed by atoms with Gasteiger partial charge in [-0.15, -0.1) is 11.3 Å². The van der Waals surface area contributed by atoms with Crippen LogP contribution in [-0.2, 0) is 6.42 Å². The summed E-state index contributed by atoms with van der Waals surface area (Å²) in [6.45, 7) is 2.10. The molecule has 0 aliphatic heterocycles. The molecule has 1 aromatic heterocycles. The fraction of sp³-hybridized carbons (Fsp3) is 0.333. The molecular weight excluding hydrogens is 226 g/mol. The molecule has 0 fully saturated rings. The fourth-order valence-electron chi connectivity index (χ4n) is 1.64. The molecule has 1 heterocycles. The number of nitrogens with two attached hydrogens (primary N) is 1. The minimum Gasteiger partial charge on any atom is -0.327 e. The number of benzene rings is 1. The lowest BCUT2D eigenvalue weighted by Gasteiger charge is -2.10. The minimum absolute atomic E-state index is 0.207. The normalized spacial score (nSPS) is 13.3. The molecule has 0 spiro atoms. The van der Waals surface area contributed by atoms with E-state index in [1.54, 1.807) is 11.3 Å². The lowest BCUT2D eigenvalue weighted by molar-refractivity contribution is 0.647. The van der Waals surface area contributed by atoms with E-state index < -0.39 is 0 Å². The Morgan fingerprint density at radius 3 is 2.93 bits per heavy atom. The van der Waals surface area contributed by atoms with Crippen LogP contribution in [0.4, 0.5) is 0 Å². The van der Waals surface area contributed by atoms with Crippen LogP contribution in [0.3, 0.4) is 0 Å². The van der Waals surface area contributed by atoms with E-state index in [2.05, 4.69) is 30.5 Å². The monoisotopic (exact) mass is 239 g/mol. The number of hydrogen-bond acceptors (Lipinski definition) is 2. The van der Waals surface area contributed by atoms with E-state index in [1.165, 1.54) is 4.70 Å². The zero-order chi connectivity index (χ0) is 10.8. The van der Waals surface area contributed by atoms with Gasteiger partial charge in [0, 0.05) is 16.1 Å². The molecule has 2 N–H and O–H groups in total. The lowest BCUT2D eigenvalue weighted by atomic mass is 10.0. The second-order valence-electron chi connectivity index (χ2n) is 3.74. The average molecular weight is 240 g/mol. The van der Waals surface area contributed by atoms with E-state index in [0.29, 0.717) is 0 Å². The van der Waals surface area contributed by atoms with E-state index >= 15 is 0 Å². The van der Waals surface area contributed by atoms with Gasteiger partial charge < -0.3 is 5.73 Å². The second kappa shape index (κ2) is 4.52. The van der Waals surface area contributed by atoms with Crippen LogP contribution in [0.25, 0.3) is 10.1 Å². The molecule has 0 aliphatic carbocycles. The Hall–Kier alpha value is -0.570. The summed E-state index contributed by atoms with van der Waals surface area (Å²) >= 11 is 8.05. The third-order valence-electron chi connectivity index (χ3n) is 2.66. The van der Waals surface area contributed by atoms with Gasteiger partial charge in [-0.1, -0.05) is 24.6 Å². The fourth-order valence-corrected chi connectivity index (χ4v) is 2.79. The maximum atomic E-state index is 6.34. The molecule has 80 valence electrons. The molecule has 1 nitrogen and oxygen atoms in total. The van der Waals surface area contributed by atoms with Crippen molar-refractivity contribution in [3.63, 3.8) is 0 Å². The lowest BCUT2D eigenvalue weighted by Crippen LogP contribution is -2.21. The van der Waals surface area contributed by atoms with Gasteiger partial charge in [0.05, 0.1) is 5.02 Å². The number of hydrogen-bond donors (Lipinski definition) is 1. The number of halogens is 1. The van der Waals surface area contributed by atoms with Crippen molar-refractivity contribution < 1.29 is 0 Å². The van der Waals surface area contributed by atoms with Crippen LogP contribution in [0.5, 0.6) is 0 Å². The molecule has 0 amide bonds. The quantitative estimate of drug-likeness (QED) is 0.866. The molecule has 2 aromatic rings. The molecule has 1 unspecified atom stereocenters. The van der Waals surface area contributed by atoms with Crippen molar-refractivity contribution in [1.29, 1.82) is 0 Å². The summed E-state index contributed by atoms with van der Waals surface area (Å²) in [5.41, 5.74) is 7.10. The molecule has 0 bridgehead atoms. The van der Waals surface area contributed by atoms with Gasteiger partial charge in [0.2, 0.25) is 0 Å². The van der Waals surface area contributed by atoms with Crippen LogP contribution < -0.4 is 5.73 Å². The van der Waals surface area contributed by atoms with Gasteiger partial charge in [-0.05, 0) is 35.9 Å². The SMILES string of the molecule is CCC(N)Cc1ccc2sccc2c1Cl. The van der Waals surface area contributed by atoms with E-state index in [-0.39, 0.29) is 6.04 Å².